The van der Waals surface area contributed by atoms with Gasteiger partial charge in [0.15, 0.2) is 0 Å². The van der Waals surface area contributed by atoms with E-state index in [9.17, 15) is 9.59 Å². The highest BCUT2D eigenvalue weighted by Crippen LogP contribution is 2.20. The minimum Gasteiger partial charge on any atom is -0.491 e. The Morgan fingerprint density at radius 3 is 2.52 bits per heavy atom. The number of anilines is 1. The molecule has 4 N–H and O–H groups in total. The van der Waals surface area contributed by atoms with Crippen molar-refractivity contribution < 1.29 is 24.2 Å². The highest BCUT2D eigenvalue weighted by atomic mass is 16.6. The lowest BCUT2D eigenvalue weighted by Crippen LogP contribution is -2.43. The Labute approximate surface area is 135 Å². The average Bonchev–Trinajstić information content (AvgIpc) is 2.34. The molecule has 0 bridgehead atoms. The first-order valence-corrected chi connectivity index (χ1v) is 7.27. The maximum absolute atomic E-state index is 11.8. The van der Waals surface area contributed by atoms with Crippen LogP contribution in [-0.4, -0.2) is 35.4 Å². The minimum absolute atomic E-state index is 0.0102. The van der Waals surface area contributed by atoms with E-state index >= 15 is 0 Å². The first-order valence-electron chi connectivity index (χ1n) is 7.27. The van der Waals surface area contributed by atoms with Gasteiger partial charge in [-0.15, -0.1) is 0 Å². The largest absolute Gasteiger partial charge is 0.491 e. The fraction of sp³-hybridized carbons (Fsp3) is 0.500. The van der Waals surface area contributed by atoms with Crippen molar-refractivity contribution in [3.05, 3.63) is 23.8 Å². The molecule has 0 aromatic heterocycles. The number of carbonyl (C=O) groups is 2. The topological polar surface area (TPSA) is 111 Å². The standard InChI is InChI=1S/C16H24N2O5/c1-10-7-11(17)5-6-13(10)22-9-12(8-14(19)20)18-15(21)23-16(2,3)4/h5-7,12H,8-9,17H2,1-4H3,(H,18,21)(H,19,20). The Kier molecular flexibility index (Phi) is 6.24. The lowest BCUT2D eigenvalue weighted by Gasteiger charge is -2.23. The van der Waals surface area contributed by atoms with Gasteiger partial charge in [0.25, 0.3) is 0 Å². The number of ether oxygens (including phenoxy) is 2. The Balaban J connectivity index is 2.67. The van der Waals surface area contributed by atoms with Crippen molar-refractivity contribution in [3.63, 3.8) is 0 Å². The number of hydrogen-bond donors (Lipinski definition) is 3. The Bertz CT molecular complexity index is 566. The molecule has 23 heavy (non-hydrogen) atoms. The molecule has 0 saturated carbocycles. The third kappa shape index (κ3) is 7.39. The van der Waals surface area contributed by atoms with E-state index in [4.69, 9.17) is 20.3 Å². The number of aryl methyl sites for hydroxylation is 1. The maximum atomic E-state index is 11.8. The summed E-state index contributed by atoms with van der Waals surface area (Å²) in [6.45, 7) is 7.03. The molecule has 0 aliphatic rings. The zero-order valence-electron chi connectivity index (χ0n) is 13.9. The van der Waals surface area contributed by atoms with E-state index < -0.39 is 23.7 Å². The fourth-order valence-electron chi connectivity index (χ4n) is 1.86. The Morgan fingerprint density at radius 1 is 1.35 bits per heavy atom. The predicted molar refractivity (Wildman–Crippen MR) is 86.5 cm³/mol. The Hall–Kier alpha value is -2.44. The molecule has 0 radical (unpaired) electrons. The number of amides is 1. The number of rotatable bonds is 6. The van der Waals surface area contributed by atoms with Gasteiger partial charge < -0.3 is 25.6 Å². The Morgan fingerprint density at radius 2 is 2.00 bits per heavy atom. The van der Waals surface area contributed by atoms with Crippen molar-refractivity contribution in [2.45, 2.75) is 45.8 Å². The summed E-state index contributed by atoms with van der Waals surface area (Å²) in [4.78, 5) is 22.7. The molecular formula is C16H24N2O5. The van der Waals surface area contributed by atoms with E-state index in [2.05, 4.69) is 5.32 Å². The molecule has 7 heteroatoms. The van der Waals surface area contributed by atoms with Crippen LogP contribution in [0.15, 0.2) is 18.2 Å². The van der Waals surface area contributed by atoms with E-state index in [0.717, 1.165) is 5.56 Å². The summed E-state index contributed by atoms with van der Waals surface area (Å²) in [6.07, 6.45) is -0.950. The number of benzene rings is 1. The van der Waals surface area contributed by atoms with Gasteiger partial charge in [0.2, 0.25) is 0 Å². The second-order valence-corrected chi connectivity index (χ2v) is 6.28. The van der Waals surface area contributed by atoms with Crippen LogP contribution in [0.5, 0.6) is 5.75 Å². The summed E-state index contributed by atoms with van der Waals surface area (Å²) in [5, 5.41) is 11.5. The van der Waals surface area contributed by atoms with Crippen LogP contribution in [0.4, 0.5) is 10.5 Å². The van der Waals surface area contributed by atoms with Crippen LogP contribution in [-0.2, 0) is 9.53 Å². The summed E-state index contributed by atoms with van der Waals surface area (Å²) in [5.74, 6) is -0.454. The second kappa shape index (κ2) is 7.71. The lowest BCUT2D eigenvalue weighted by molar-refractivity contribution is -0.137. The van der Waals surface area contributed by atoms with Crippen molar-refractivity contribution in [2.75, 3.05) is 12.3 Å². The monoisotopic (exact) mass is 324 g/mol. The summed E-state index contributed by atoms with van der Waals surface area (Å²) >= 11 is 0. The molecule has 1 aromatic rings. The molecule has 7 nitrogen and oxygen atoms in total. The van der Waals surface area contributed by atoms with Crippen molar-refractivity contribution in [3.8, 4) is 5.75 Å². The van der Waals surface area contributed by atoms with E-state index in [-0.39, 0.29) is 13.0 Å². The number of carboxylic acids is 1. The van der Waals surface area contributed by atoms with Gasteiger partial charge in [-0.1, -0.05) is 0 Å². The van der Waals surface area contributed by atoms with E-state index in [1.54, 1.807) is 39.0 Å². The zero-order valence-corrected chi connectivity index (χ0v) is 13.9. The van der Waals surface area contributed by atoms with Gasteiger partial charge in [-0.3, -0.25) is 4.79 Å². The quantitative estimate of drug-likeness (QED) is 0.693. The normalized spacial score (nSPS) is 12.3. The molecule has 128 valence electrons. The van der Waals surface area contributed by atoms with Gasteiger partial charge in [0, 0.05) is 5.69 Å². The summed E-state index contributed by atoms with van der Waals surface area (Å²) in [6, 6.07) is 4.44. The summed E-state index contributed by atoms with van der Waals surface area (Å²) in [7, 11) is 0. The lowest BCUT2D eigenvalue weighted by atomic mass is 10.2. The SMILES string of the molecule is Cc1cc(N)ccc1OCC(CC(=O)O)NC(=O)OC(C)(C)C. The third-order valence-electron chi connectivity index (χ3n) is 2.78. The maximum Gasteiger partial charge on any atom is 0.408 e. The van der Waals surface area contributed by atoms with Gasteiger partial charge in [-0.05, 0) is 51.5 Å². The van der Waals surface area contributed by atoms with E-state index in [0.29, 0.717) is 11.4 Å². The molecule has 0 aliphatic carbocycles. The highest BCUT2D eigenvalue weighted by Gasteiger charge is 2.22. The summed E-state index contributed by atoms with van der Waals surface area (Å²) in [5.41, 5.74) is 6.45. The number of nitrogen functional groups attached to an aromatic ring is 1. The number of nitrogens with two attached hydrogens (primary N) is 1. The van der Waals surface area contributed by atoms with Gasteiger partial charge in [-0.2, -0.15) is 0 Å². The summed E-state index contributed by atoms with van der Waals surface area (Å²) < 4.78 is 10.7. The number of hydrogen-bond acceptors (Lipinski definition) is 5. The zero-order chi connectivity index (χ0) is 17.6. The highest BCUT2D eigenvalue weighted by molar-refractivity contribution is 5.71. The van der Waals surface area contributed by atoms with Gasteiger partial charge >= 0.3 is 12.1 Å². The molecule has 0 saturated heterocycles. The molecule has 0 spiro atoms. The van der Waals surface area contributed by atoms with Gasteiger partial charge in [0.05, 0.1) is 12.5 Å². The van der Waals surface area contributed by atoms with Crippen LogP contribution < -0.4 is 15.8 Å². The molecule has 0 fully saturated rings. The molecule has 0 heterocycles. The van der Waals surface area contributed by atoms with E-state index in [1.807, 2.05) is 6.92 Å². The second-order valence-electron chi connectivity index (χ2n) is 6.28. The average molecular weight is 324 g/mol. The first kappa shape index (κ1) is 18.6. The molecule has 1 aromatic carbocycles. The number of carbonyl (C=O) groups excluding carboxylic acids is 1. The van der Waals surface area contributed by atoms with Crippen LogP contribution in [0.3, 0.4) is 0 Å². The fourth-order valence-corrected chi connectivity index (χ4v) is 1.86. The molecule has 1 rings (SSSR count). The van der Waals surface area contributed by atoms with Gasteiger partial charge in [0.1, 0.15) is 18.0 Å². The smallest absolute Gasteiger partial charge is 0.408 e. The van der Waals surface area contributed by atoms with Crippen molar-refractivity contribution in [1.29, 1.82) is 0 Å². The molecule has 0 aliphatic heterocycles. The van der Waals surface area contributed by atoms with Crippen LogP contribution in [0, 0.1) is 6.92 Å². The predicted octanol–water partition coefficient (Wildman–Crippen LogP) is 2.32. The van der Waals surface area contributed by atoms with Crippen LogP contribution in [0.1, 0.15) is 32.8 Å². The number of carboxylic acid groups (broad SMARTS) is 1. The number of nitrogens with one attached hydrogen (secondary N) is 1. The van der Waals surface area contributed by atoms with Gasteiger partial charge in [-0.25, -0.2) is 4.79 Å². The molecule has 1 unspecified atom stereocenters. The van der Waals surface area contributed by atoms with Crippen molar-refractivity contribution >= 4 is 17.7 Å². The van der Waals surface area contributed by atoms with Crippen molar-refractivity contribution in [2.24, 2.45) is 0 Å². The first-order chi connectivity index (χ1) is 10.6. The van der Waals surface area contributed by atoms with E-state index in [1.165, 1.54) is 0 Å². The van der Waals surface area contributed by atoms with Crippen LogP contribution in [0.25, 0.3) is 0 Å². The third-order valence-corrected chi connectivity index (χ3v) is 2.78. The number of aliphatic carboxylic acids is 1. The van der Waals surface area contributed by atoms with Crippen molar-refractivity contribution in [1.82, 2.24) is 5.32 Å². The number of alkyl carbamates (subject to hydrolysis) is 1. The molecule has 1 atom stereocenters. The molecule has 1 amide bonds. The van der Waals surface area contributed by atoms with Crippen LogP contribution >= 0.6 is 0 Å². The van der Waals surface area contributed by atoms with Crippen LogP contribution in [0.2, 0.25) is 0 Å². The minimum atomic E-state index is -1.04. The molecular weight excluding hydrogens is 300 g/mol.